The van der Waals surface area contributed by atoms with Crippen LogP contribution in [-0.2, 0) is 21.5 Å². The van der Waals surface area contributed by atoms with Gasteiger partial charge in [-0.3, -0.25) is 0 Å². The molecule has 2 rings (SSSR count). The van der Waals surface area contributed by atoms with Crippen LogP contribution >= 0.6 is 0 Å². The maximum absolute atomic E-state index is 5.71. The lowest BCUT2D eigenvalue weighted by molar-refractivity contribution is -0.100. The first-order chi connectivity index (χ1) is 8.20. The van der Waals surface area contributed by atoms with Crippen molar-refractivity contribution in [2.45, 2.75) is 31.8 Å². The number of nitrogens with zero attached hydrogens (tertiary/aromatic N) is 3. The van der Waals surface area contributed by atoms with Crippen molar-refractivity contribution >= 4 is 5.95 Å². The van der Waals surface area contributed by atoms with Crippen LogP contribution in [0.5, 0.6) is 0 Å². The van der Waals surface area contributed by atoms with Crippen LogP contribution < -0.4 is 5.73 Å². The zero-order chi connectivity index (χ0) is 12.3. The van der Waals surface area contributed by atoms with Crippen LogP contribution in [0.2, 0.25) is 0 Å². The molecule has 6 heteroatoms. The minimum atomic E-state index is -0.473. The smallest absolute Gasteiger partial charge is 0.223 e. The summed E-state index contributed by atoms with van der Waals surface area (Å²) >= 11 is 0. The minimum absolute atomic E-state index is 0.259. The summed E-state index contributed by atoms with van der Waals surface area (Å²) in [5, 5.41) is 0. The topological polar surface area (TPSA) is 83.2 Å². The van der Waals surface area contributed by atoms with Gasteiger partial charge in [0, 0.05) is 39.6 Å². The van der Waals surface area contributed by atoms with E-state index in [4.69, 9.17) is 15.2 Å². The minimum Gasteiger partial charge on any atom is -0.381 e. The Morgan fingerprint density at radius 3 is 2.59 bits per heavy atom. The molecule has 1 aromatic heterocycles. The van der Waals surface area contributed by atoms with E-state index in [9.17, 15) is 0 Å². The molecule has 0 radical (unpaired) electrons. The van der Waals surface area contributed by atoms with Crippen molar-refractivity contribution in [1.29, 1.82) is 0 Å². The van der Waals surface area contributed by atoms with E-state index in [0.717, 1.165) is 19.3 Å². The Kier molecular flexibility index (Phi) is 3.54. The van der Waals surface area contributed by atoms with Crippen LogP contribution in [0.1, 0.15) is 31.4 Å². The summed E-state index contributed by atoms with van der Waals surface area (Å²) < 4.78 is 11.0. The molecule has 6 nitrogen and oxygen atoms in total. The number of methoxy groups -OCH3 is 1. The first-order valence-corrected chi connectivity index (χ1v) is 5.84. The van der Waals surface area contributed by atoms with Crippen LogP contribution in [-0.4, -0.2) is 35.3 Å². The lowest BCUT2D eigenvalue weighted by atomic mass is 9.93. The third kappa shape index (κ3) is 2.37. The van der Waals surface area contributed by atoms with E-state index < -0.39 is 5.60 Å². The quantitative estimate of drug-likeness (QED) is 0.833. The number of rotatable bonds is 3. The molecule has 17 heavy (non-hydrogen) atoms. The van der Waals surface area contributed by atoms with E-state index in [-0.39, 0.29) is 5.95 Å². The Morgan fingerprint density at radius 2 is 2.00 bits per heavy atom. The summed E-state index contributed by atoms with van der Waals surface area (Å²) in [4.78, 5) is 12.7. The summed E-state index contributed by atoms with van der Waals surface area (Å²) in [6.07, 6.45) is 2.22. The number of anilines is 1. The Bertz CT molecular complexity index is 391. The number of hydrogen-bond donors (Lipinski definition) is 1. The first-order valence-electron chi connectivity index (χ1n) is 5.84. The number of nitrogen functional groups attached to an aromatic ring is 1. The van der Waals surface area contributed by atoms with E-state index in [0.29, 0.717) is 24.9 Å². The third-order valence-electron chi connectivity index (χ3n) is 3.11. The molecule has 0 spiro atoms. The van der Waals surface area contributed by atoms with Crippen molar-refractivity contribution in [3.05, 3.63) is 11.6 Å². The molecule has 0 unspecified atom stereocenters. The highest BCUT2D eigenvalue weighted by atomic mass is 16.5. The van der Waals surface area contributed by atoms with Gasteiger partial charge in [0.15, 0.2) is 5.82 Å². The van der Waals surface area contributed by atoms with Crippen molar-refractivity contribution in [2.75, 3.05) is 26.1 Å². The lowest BCUT2D eigenvalue weighted by Crippen LogP contribution is -2.38. The number of aromatic nitrogens is 3. The summed E-state index contributed by atoms with van der Waals surface area (Å²) in [7, 11) is 1.68. The molecule has 0 aliphatic carbocycles. The summed E-state index contributed by atoms with van der Waals surface area (Å²) in [6.45, 7) is 3.30. The standard InChI is InChI=1S/C11H18N4O2/c1-3-8-13-9(15-10(12)14-8)11(16-2)4-6-17-7-5-11/h3-7H2,1-2H3,(H2,12,13,14,15). The Hall–Kier alpha value is -1.27. The largest absolute Gasteiger partial charge is 0.381 e. The molecule has 0 atom stereocenters. The SMILES string of the molecule is CCc1nc(N)nc(C2(OC)CCOCC2)n1. The van der Waals surface area contributed by atoms with Crippen LogP contribution in [0.25, 0.3) is 0 Å². The average Bonchev–Trinajstić information content (AvgIpc) is 2.38. The molecule has 94 valence electrons. The van der Waals surface area contributed by atoms with Gasteiger partial charge in [0.05, 0.1) is 0 Å². The van der Waals surface area contributed by atoms with Gasteiger partial charge in [0.1, 0.15) is 11.4 Å². The highest BCUT2D eigenvalue weighted by Gasteiger charge is 2.38. The molecule has 0 aromatic carbocycles. The maximum Gasteiger partial charge on any atom is 0.223 e. The van der Waals surface area contributed by atoms with Crippen molar-refractivity contribution in [2.24, 2.45) is 0 Å². The molecule has 2 N–H and O–H groups in total. The Balaban J connectivity index is 2.38. The van der Waals surface area contributed by atoms with Gasteiger partial charge in [-0.25, -0.2) is 4.98 Å². The van der Waals surface area contributed by atoms with Gasteiger partial charge < -0.3 is 15.2 Å². The Labute approximate surface area is 101 Å². The molecule has 2 heterocycles. The molecular weight excluding hydrogens is 220 g/mol. The second-order valence-corrected chi connectivity index (χ2v) is 4.10. The number of nitrogens with two attached hydrogens (primary N) is 1. The van der Waals surface area contributed by atoms with Gasteiger partial charge in [-0.15, -0.1) is 0 Å². The van der Waals surface area contributed by atoms with Crippen LogP contribution in [0.3, 0.4) is 0 Å². The molecular formula is C11H18N4O2. The van der Waals surface area contributed by atoms with E-state index in [1.54, 1.807) is 7.11 Å². The summed E-state index contributed by atoms with van der Waals surface area (Å²) in [5.41, 5.74) is 5.23. The summed E-state index contributed by atoms with van der Waals surface area (Å²) in [5.74, 6) is 1.60. The van der Waals surface area contributed by atoms with Crippen LogP contribution in [0, 0.1) is 0 Å². The molecule has 1 aliphatic heterocycles. The first kappa shape index (κ1) is 12.2. The predicted octanol–water partition coefficient (Wildman–Crippen LogP) is 0.668. The monoisotopic (exact) mass is 238 g/mol. The van der Waals surface area contributed by atoms with Crippen LogP contribution in [0.4, 0.5) is 5.95 Å². The van der Waals surface area contributed by atoms with Crippen molar-refractivity contribution < 1.29 is 9.47 Å². The second kappa shape index (κ2) is 4.93. The highest BCUT2D eigenvalue weighted by Crippen LogP contribution is 2.33. The van der Waals surface area contributed by atoms with Crippen LogP contribution in [0.15, 0.2) is 0 Å². The highest BCUT2D eigenvalue weighted by molar-refractivity contribution is 5.19. The van der Waals surface area contributed by atoms with Gasteiger partial charge in [-0.1, -0.05) is 6.92 Å². The summed E-state index contributed by atoms with van der Waals surface area (Å²) in [6, 6.07) is 0. The van der Waals surface area contributed by atoms with Gasteiger partial charge in [0.25, 0.3) is 0 Å². The second-order valence-electron chi connectivity index (χ2n) is 4.10. The van der Waals surface area contributed by atoms with Gasteiger partial charge in [0.2, 0.25) is 5.95 Å². The lowest BCUT2D eigenvalue weighted by Gasteiger charge is -2.34. The van der Waals surface area contributed by atoms with Gasteiger partial charge in [-0.05, 0) is 0 Å². The van der Waals surface area contributed by atoms with Crippen molar-refractivity contribution in [1.82, 2.24) is 15.0 Å². The van der Waals surface area contributed by atoms with Crippen molar-refractivity contribution in [3.63, 3.8) is 0 Å². The number of aryl methyl sites for hydroxylation is 1. The molecule has 1 aromatic rings. The van der Waals surface area contributed by atoms with E-state index in [1.165, 1.54) is 0 Å². The van der Waals surface area contributed by atoms with E-state index in [1.807, 2.05) is 6.92 Å². The molecule has 0 saturated carbocycles. The van der Waals surface area contributed by atoms with Gasteiger partial charge >= 0.3 is 0 Å². The zero-order valence-electron chi connectivity index (χ0n) is 10.3. The fourth-order valence-corrected chi connectivity index (χ4v) is 2.02. The fraction of sp³-hybridized carbons (Fsp3) is 0.727. The van der Waals surface area contributed by atoms with E-state index >= 15 is 0 Å². The maximum atomic E-state index is 5.71. The Morgan fingerprint density at radius 1 is 1.29 bits per heavy atom. The predicted molar refractivity (Wildman–Crippen MR) is 62.4 cm³/mol. The molecule has 0 bridgehead atoms. The molecule has 1 aliphatic rings. The zero-order valence-corrected chi connectivity index (χ0v) is 10.3. The molecule has 1 fully saturated rings. The van der Waals surface area contributed by atoms with Gasteiger partial charge in [-0.2, -0.15) is 9.97 Å². The van der Waals surface area contributed by atoms with E-state index in [2.05, 4.69) is 15.0 Å². The number of hydrogen-bond acceptors (Lipinski definition) is 6. The molecule has 0 amide bonds. The molecule has 1 saturated heterocycles. The van der Waals surface area contributed by atoms with Crippen molar-refractivity contribution in [3.8, 4) is 0 Å². The fourth-order valence-electron chi connectivity index (χ4n) is 2.02. The third-order valence-corrected chi connectivity index (χ3v) is 3.11. The number of ether oxygens (including phenoxy) is 2. The normalized spacial score (nSPS) is 19.2. The average molecular weight is 238 g/mol.